The van der Waals surface area contributed by atoms with Crippen LogP contribution in [0.1, 0.15) is 20.3 Å². The highest BCUT2D eigenvalue weighted by Crippen LogP contribution is 1.95. The van der Waals surface area contributed by atoms with Gasteiger partial charge in [-0.25, -0.2) is 8.42 Å². The summed E-state index contributed by atoms with van der Waals surface area (Å²) >= 11 is 0. The number of nitrogens with zero attached hydrogens (tertiary/aromatic N) is 1. The molecule has 0 aromatic rings. The second kappa shape index (κ2) is 5.20. The molecule has 0 spiro atoms. The number of hydrogen-bond donors (Lipinski definition) is 1. The highest BCUT2D eigenvalue weighted by Gasteiger charge is 2.13. The molecule has 5 heteroatoms. The summed E-state index contributed by atoms with van der Waals surface area (Å²) in [6.45, 7) is 3.65. The van der Waals surface area contributed by atoms with Crippen LogP contribution in [0, 0.1) is 11.3 Å². The molecule has 0 fully saturated rings. The molecule has 0 aliphatic heterocycles. The third kappa shape index (κ3) is 6.55. The maximum atomic E-state index is 10.9. The Morgan fingerprint density at radius 3 is 2.38 bits per heavy atom. The van der Waals surface area contributed by atoms with Crippen LogP contribution in [0.25, 0.3) is 0 Å². The van der Waals surface area contributed by atoms with Crippen molar-refractivity contribution in [2.24, 2.45) is 0 Å². The van der Waals surface area contributed by atoms with Crippen molar-refractivity contribution in [3.05, 3.63) is 0 Å². The molecule has 0 rings (SSSR count). The normalized spacial score (nSPS) is 16.2. The summed E-state index contributed by atoms with van der Waals surface area (Å²) in [6.07, 6.45) is 1.88. The lowest BCUT2D eigenvalue weighted by atomic mass is 10.2. The highest BCUT2D eigenvalue weighted by atomic mass is 32.2. The van der Waals surface area contributed by atoms with Gasteiger partial charge >= 0.3 is 0 Å². The van der Waals surface area contributed by atoms with Crippen LogP contribution in [0.15, 0.2) is 0 Å². The lowest BCUT2D eigenvalue weighted by Crippen LogP contribution is -2.39. The van der Waals surface area contributed by atoms with E-state index < -0.39 is 9.84 Å². The van der Waals surface area contributed by atoms with Crippen LogP contribution >= 0.6 is 0 Å². The minimum atomic E-state index is -2.96. The summed E-state index contributed by atoms with van der Waals surface area (Å²) in [4.78, 5) is 0. The van der Waals surface area contributed by atoms with Crippen molar-refractivity contribution in [3.8, 4) is 6.07 Å². The summed E-state index contributed by atoms with van der Waals surface area (Å²) in [6, 6.07) is 1.64. The average molecular weight is 204 g/mol. The monoisotopic (exact) mass is 204 g/mol. The van der Waals surface area contributed by atoms with Gasteiger partial charge in [-0.1, -0.05) is 6.92 Å². The molecular formula is C8H16N2O2S. The van der Waals surface area contributed by atoms with Crippen LogP contribution in [0.4, 0.5) is 0 Å². The Morgan fingerprint density at radius 2 is 2.08 bits per heavy atom. The van der Waals surface area contributed by atoms with Crippen molar-refractivity contribution >= 4 is 9.84 Å². The first-order valence-electron chi connectivity index (χ1n) is 4.22. The van der Waals surface area contributed by atoms with Gasteiger partial charge in [0.2, 0.25) is 0 Å². The lowest BCUT2D eigenvalue weighted by Gasteiger charge is -2.15. The van der Waals surface area contributed by atoms with Crippen LogP contribution in [-0.4, -0.2) is 32.5 Å². The smallest absolute Gasteiger partial charge is 0.148 e. The summed E-state index contributed by atoms with van der Waals surface area (Å²) < 4.78 is 21.8. The molecule has 2 unspecified atom stereocenters. The van der Waals surface area contributed by atoms with Crippen molar-refractivity contribution in [1.29, 1.82) is 5.26 Å². The summed E-state index contributed by atoms with van der Waals surface area (Å²) in [5.41, 5.74) is 0. The van der Waals surface area contributed by atoms with Gasteiger partial charge < -0.3 is 0 Å². The van der Waals surface area contributed by atoms with Gasteiger partial charge in [0.1, 0.15) is 9.84 Å². The van der Waals surface area contributed by atoms with Crippen molar-refractivity contribution < 1.29 is 8.42 Å². The maximum Gasteiger partial charge on any atom is 0.148 e. The first-order chi connectivity index (χ1) is 5.89. The quantitative estimate of drug-likeness (QED) is 0.699. The van der Waals surface area contributed by atoms with Crippen molar-refractivity contribution in [2.75, 3.05) is 12.0 Å². The van der Waals surface area contributed by atoms with Gasteiger partial charge in [0.15, 0.2) is 0 Å². The molecule has 0 aliphatic carbocycles. The van der Waals surface area contributed by atoms with Gasteiger partial charge in [-0.05, 0) is 13.3 Å². The van der Waals surface area contributed by atoms with Gasteiger partial charge in [-0.15, -0.1) is 0 Å². The lowest BCUT2D eigenvalue weighted by molar-refractivity contribution is 0.513. The molecule has 0 saturated heterocycles. The Bertz CT molecular complexity index is 279. The van der Waals surface area contributed by atoms with E-state index in [1.807, 2.05) is 6.92 Å². The minimum Gasteiger partial charge on any atom is -0.298 e. The van der Waals surface area contributed by atoms with E-state index in [1.54, 1.807) is 6.92 Å². The summed E-state index contributed by atoms with van der Waals surface area (Å²) in [5.74, 6) is 0.0746. The molecule has 0 radical (unpaired) electrons. The van der Waals surface area contributed by atoms with Gasteiger partial charge in [0.05, 0.1) is 17.9 Å². The van der Waals surface area contributed by atoms with E-state index in [-0.39, 0.29) is 17.8 Å². The van der Waals surface area contributed by atoms with Crippen molar-refractivity contribution in [2.45, 2.75) is 32.4 Å². The van der Waals surface area contributed by atoms with E-state index in [9.17, 15) is 8.42 Å². The summed E-state index contributed by atoms with van der Waals surface area (Å²) in [7, 11) is -2.96. The first-order valence-corrected chi connectivity index (χ1v) is 6.28. The molecule has 0 amide bonds. The van der Waals surface area contributed by atoms with Gasteiger partial charge in [-0.3, -0.25) is 5.32 Å². The van der Waals surface area contributed by atoms with Crippen LogP contribution in [0.5, 0.6) is 0 Å². The molecule has 2 atom stereocenters. The van der Waals surface area contributed by atoms with Crippen molar-refractivity contribution in [1.82, 2.24) is 5.32 Å². The number of rotatable bonds is 5. The second-order valence-corrected chi connectivity index (χ2v) is 5.43. The Kier molecular flexibility index (Phi) is 4.96. The molecule has 0 aliphatic rings. The van der Waals surface area contributed by atoms with E-state index in [4.69, 9.17) is 5.26 Å². The third-order valence-electron chi connectivity index (χ3n) is 1.60. The fourth-order valence-corrected chi connectivity index (χ4v) is 2.10. The van der Waals surface area contributed by atoms with E-state index >= 15 is 0 Å². The Morgan fingerprint density at radius 1 is 1.54 bits per heavy atom. The molecular weight excluding hydrogens is 188 g/mol. The Labute approximate surface area is 79.9 Å². The average Bonchev–Trinajstić information content (AvgIpc) is 1.96. The van der Waals surface area contributed by atoms with Gasteiger partial charge in [-0.2, -0.15) is 5.26 Å². The highest BCUT2D eigenvalue weighted by molar-refractivity contribution is 7.90. The largest absolute Gasteiger partial charge is 0.298 e. The van der Waals surface area contributed by atoms with E-state index in [0.29, 0.717) is 6.42 Å². The van der Waals surface area contributed by atoms with E-state index in [2.05, 4.69) is 11.4 Å². The zero-order valence-corrected chi connectivity index (χ0v) is 9.06. The minimum absolute atomic E-state index is 0.0746. The first kappa shape index (κ1) is 12.4. The van der Waals surface area contributed by atoms with Crippen LogP contribution in [0.3, 0.4) is 0 Å². The SMILES string of the molecule is CCC(C#N)NC(C)CS(C)(=O)=O. The molecule has 1 N–H and O–H groups in total. The maximum absolute atomic E-state index is 10.9. The fraction of sp³-hybridized carbons (Fsp3) is 0.875. The molecule has 0 saturated carbocycles. The van der Waals surface area contributed by atoms with E-state index in [1.165, 1.54) is 6.26 Å². The molecule has 0 heterocycles. The van der Waals surface area contributed by atoms with E-state index in [0.717, 1.165) is 0 Å². The van der Waals surface area contributed by atoms with Gasteiger partial charge in [0.25, 0.3) is 0 Å². The standard InChI is InChI=1S/C8H16N2O2S/c1-4-8(5-9)10-7(2)6-13(3,11)12/h7-8,10H,4,6H2,1-3H3. The number of nitrogens with one attached hydrogen (secondary N) is 1. The predicted molar refractivity (Wildman–Crippen MR) is 52.0 cm³/mol. The van der Waals surface area contributed by atoms with Gasteiger partial charge in [0, 0.05) is 12.3 Å². The number of hydrogen-bond acceptors (Lipinski definition) is 4. The second-order valence-electron chi connectivity index (χ2n) is 3.25. The molecule has 0 aromatic carbocycles. The molecule has 0 bridgehead atoms. The molecule has 0 aromatic heterocycles. The predicted octanol–water partition coefficient (Wildman–Crippen LogP) is 0.311. The third-order valence-corrected chi connectivity index (χ3v) is 2.71. The number of sulfone groups is 1. The summed E-state index contributed by atoms with van der Waals surface area (Å²) in [5, 5.41) is 11.5. The van der Waals surface area contributed by atoms with Crippen LogP contribution < -0.4 is 5.32 Å². The fourth-order valence-electron chi connectivity index (χ4n) is 1.09. The Hall–Kier alpha value is -0.600. The zero-order chi connectivity index (χ0) is 10.5. The zero-order valence-electron chi connectivity index (χ0n) is 8.24. The topological polar surface area (TPSA) is 70.0 Å². The van der Waals surface area contributed by atoms with Crippen LogP contribution in [-0.2, 0) is 9.84 Å². The molecule has 13 heavy (non-hydrogen) atoms. The van der Waals surface area contributed by atoms with Crippen LogP contribution in [0.2, 0.25) is 0 Å². The van der Waals surface area contributed by atoms with Crippen molar-refractivity contribution in [3.63, 3.8) is 0 Å². The Balaban J connectivity index is 4.02. The molecule has 76 valence electrons. The number of nitriles is 1. The molecule has 4 nitrogen and oxygen atoms in total.